The van der Waals surface area contributed by atoms with Crippen molar-refractivity contribution >= 4 is 35.3 Å². The first-order valence-electron chi connectivity index (χ1n) is 17.2. The third kappa shape index (κ3) is 11.4. The summed E-state index contributed by atoms with van der Waals surface area (Å²) in [5.74, 6) is -62.5. The van der Waals surface area contributed by atoms with Gasteiger partial charge in [0.2, 0.25) is 0 Å². The van der Waals surface area contributed by atoms with Crippen LogP contribution in [0, 0.1) is 233 Å². The Bertz CT molecular complexity index is 1900. The van der Waals surface area contributed by atoms with Crippen molar-refractivity contribution in [1.29, 1.82) is 0 Å². The van der Waals surface area contributed by atoms with Crippen molar-refractivity contribution < 1.29 is 128 Å². The summed E-state index contributed by atoms with van der Waals surface area (Å²) in [7, 11) is 0. The van der Waals surface area contributed by atoms with Crippen molar-refractivity contribution in [3.63, 3.8) is 0 Å². The smallest absolute Gasteiger partial charge is 0.358 e. The number of hydrogen-bond acceptors (Lipinski definition) is 0. The topological polar surface area (TPSA) is 0 Å². The molecule has 0 bridgehead atoms. The molecule has 64 heavy (non-hydrogen) atoms. The summed E-state index contributed by atoms with van der Waals surface area (Å²) in [6.45, 7) is -5.14. The van der Waals surface area contributed by atoms with E-state index in [0.29, 0.717) is 0 Å². The minimum atomic E-state index is -3.93. The second kappa shape index (κ2) is 23.1. The van der Waals surface area contributed by atoms with Crippen LogP contribution >= 0.6 is 0 Å². The molecule has 0 spiro atoms. The van der Waals surface area contributed by atoms with Crippen molar-refractivity contribution in [2.24, 2.45) is 5.41 Å². The predicted molar refractivity (Wildman–Crippen MR) is 192 cm³/mol. The van der Waals surface area contributed by atoms with Gasteiger partial charge in [-0.15, -0.1) is 0 Å². The van der Waals surface area contributed by atoms with E-state index in [1.54, 1.807) is 0 Å². The van der Waals surface area contributed by atoms with E-state index in [0.717, 1.165) is 20.8 Å². The minimum absolute atomic E-state index is 0. The Labute approximate surface area is 387 Å². The standard InChI is InChI=1S/C30H12B2F20.2C5H5.CH3.Th/c1-30(2,3)4-5(31(6-10(33)18(41)26(49)19(42)11(6)34)7-12(35)20(43)27(50)21(44)13(7)36)32(8-14(37)22(45)28(51)23(46)15(8)38)9-16(39)24(47)29(52)25(48)17(9)40;2*1-2-4-5-3-1;;/h5H,4H2,1-3H3;2*1-5H;1H3;/q-1;;;-1;+4. The van der Waals surface area contributed by atoms with Gasteiger partial charge in [0.1, 0.15) is 23.3 Å². The van der Waals surface area contributed by atoms with Gasteiger partial charge in [0.25, 0.3) is 0 Å². The van der Waals surface area contributed by atoms with Crippen LogP contribution in [-0.4, -0.2) is 13.4 Å². The van der Waals surface area contributed by atoms with Crippen LogP contribution in [0.3, 0.4) is 0 Å². The van der Waals surface area contributed by atoms with Crippen molar-refractivity contribution in [2.75, 3.05) is 0 Å². The summed E-state index contributed by atoms with van der Waals surface area (Å²) in [5.41, 5.74) is -16.2. The maximum atomic E-state index is 15.6. The molecule has 2 saturated carbocycles. The Morgan fingerprint density at radius 3 is 0.703 bits per heavy atom. The zero-order chi connectivity index (χ0) is 46.9. The molecule has 0 N–H and O–H groups in total. The fourth-order valence-electron chi connectivity index (χ4n) is 6.50. The van der Waals surface area contributed by atoms with E-state index in [1.807, 2.05) is 64.2 Å². The fourth-order valence-corrected chi connectivity index (χ4v) is 6.50. The van der Waals surface area contributed by atoms with Gasteiger partial charge in [0.05, 0.1) is 0 Å². The first-order chi connectivity index (χ1) is 28.8. The molecule has 11 radical (unpaired) electrons. The predicted octanol–water partition coefficient (Wildman–Crippen LogP) is 10.2. The molecule has 2 fully saturated rings. The van der Waals surface area contributed by atoms with Crippen LogP contribution in [0.1, 0.15) is 27.2 Å². The van der Waals surface area contributed by atoms with Crippen LogP contribution in [0.15, 0.2) is 0 Å². The number of benzene rings is 4. The van der Waals surface area contributed by atoms with Crippen LogP contribution in [0.25, 0.3) is 0 Å². The molecular formula is C41H25B2F20Th+2. The Morgan fingerprint density at radius 1 is 0.344 bits per heavy atom. The van der Waals surface area contributed by atoms with E-state index in [9.17, 15) is 52.7 Å². The summed E-state index contributed by atoms with van der Waals surface area (Å²) >= 11 is 0. The molecule has 0 heterocycles. The third-order valence-corrected chi connectivity index (χ3v) is 9.03. The molecule has 23 heteroatoms. The van der Waals surface area contributed by atoms with Gasteiger partial charge >= 0.3 is 39.9 Å². The molecule has 4 aromatic carbocycles. The van der Waals surface area contributed by atoms with Crippen LogP contribution in [0.5, 0.6) is 0 Å². The molecule has 2 aliphatic carbocycles. The van der Waals surface area contributed by atoms with Crippen LogP contribution in [0.4, 0.5) is 87.8 Å². The Hall–Kier alpha value is -3.07. The van der Waals surface area contributed by atoms with E-state index in [4.69, 9.17) is 0 Å². The molecule has 0 amide bonds. The molecule has 6 rings (SSSR count). The molecule has 4 aromatic rings. The van der Waals surface area contributed by atoms with E-state index in [2.05, 4.69) is 0 Å². The largest absolute Gasteiger partial charge is 4.00 e. The maximum absolute atomic E-state index is 15.6. The SMILES string of the molecule is CC(C)(C)CC(B(c1c(F)c(F)c(F)c(F)c1F)c1c(F)c(F)c(F)c(F)c1F)[B-](c1c(F)c(F)c(F)c(F)c1F)c1c(F)c(F)c(F)c(F)c1F.[CH3-].[CH]1[CH][CH][CH][CH]1.[CH]1[CH][CH][CH][CH]1.[Th+4]. The van der Waals surface area contributed by atoms with E-state index in [-0.39, 0.29) is 47.4 Å². The van der Waals surface area contributed by atoms with E-state index in [1.165, 1.54) is 0 Å². The fraction of sp³-hybridized carbons (Fsp3) is 0.146. The summed E-state index contributed by atoms with van der Waals surface area (Å²) in [5, 5.41) is 0. The first-order valence-corrected chi connectivity index (χ1v) is 17.2. The van der Waals surface area contributed by atoms with Gasteiger partial charge in [0.15, 0.2) is 99.8 Å². The Morgan fingerprint density at radius 2 is 0.516 bits per heavy atom. The van der Waals surface area contributed by atoms with Gasteiger partial charge in [0, 0.05) is 0 Å². The van der Waals surface area contributed by atoms with Crippen LogP contribution < -0.4 is 21.9 Å². The molecule has 0 saturated heterocycles. The van der Waals surface area contributed by atoms with Gasteiger partial charge in [-0.05, 0) is 80.5 Å². The average molecular weight is 1150 g/mol. The summed E-state index contributed by atoms with van der Waals surface area (Å²) in [6, 6.07) is 0. The number of rotatable bonds is 7. The van der Waals surface area contributed by atoms with E-state index >= 15 is 35.1 Å². The number of halogens is 20. The Kier molecular flexibility index (Phi) is 20.6. The molecule has 0 nitrogen and oxygen atoms in total. The summed E-state index contributed by atoms with van der Waals surface area (Å²) in [4.78, 5) is 0. The molecule has 2 aliphatic rings. The molecule has 0 aromatic heterocycles. The molecule has 0 aliphatic heterocycles. The van der Waals surface area contributed by atoms with E-state index < -0.39 is 169 Å². The number of hydrogen-bond donors (Lipinski definition) is 0. The summed E-state index contributed by atoms with van der Waals surface area (Å²) in [6.07, 6.45) is 18.4. The van der Waals surface area contributed by atoms with Crippen molar-refractivity contribution in [2.45, 2.75) is 32.9 Å². The van der Waals surface area contributed by atoms with Crippen molar-refractivity contribution in [3.8, 4) is 0 Å². The molecule has 0 atom stereocenters. The van der Waals surface area contributed by atoms with Gasteiger partial charge in [-0.1, -0.05) is 33.9 Å². The Balaban J connectivity index is 0.00000103. The minimum Gasteiger partial charge on any atom is -0.358 e. The zero-order valence-corrected chi connectivity index (χ0v) is 36.9. The molecular weight excluding hydrogens is 1130 g/mol. The van der Waals surface area contributed by atoms with Crippen LogP contribution in [-0.2, 0) is 0 Å². The van der Waals surface area contributed by atoms with Gasteiger partial charge in [-0.3, -0.25) is 0 Å². The second-order valence-corrected chi connectivity index (χ2v) is 14.2. The van der Waals surface area contributed by atoms with Gasteiger partial charge in [-0.2, -0.15) is 16.6 Å². The van der Waals surface area contributed by atoms with Gasteiger partial charge in [-0.25, -0.2) is 87.8 Å². The normalized spacial score (nSPS) is 14.1. The average Bonchev–Trinajstić information content (AvgIpc) is 4.03. The summed E-state index contributed by atoms with van der Waals surface area (Å²) < 4.78 is 298. The molecule has 337 valence electrons. The first kappa shape index (κ1) is 57.1. The maximum Gasteiger partial charge on any atom is 4.00 e. The van der Waals surface area contributed by atoms with Gasteiger partial charge < -0.3 is 7.43 Å². The van der Waals surface area contributed by atoms with Crippen LogP contribution in [0.2, 0.25) is 5.72 Å². The van der Waals surface area contributed by atoms with Crippen molar-refractivity contribution in [3.05, 3.63) is 188 Å². The molecule has 0 unspecified atom stereocenters. The second-order valence-electron chi connectivity index (χ2n) is 14.2. The zero-order valence-electron chi connectivity index (χ0n) is 32.8. The quantitative estimate of drug-likeness (QED) is 0.0569. The van der Waals surface area contributed by atoms with Crippen molar-refractivity contribution in [1.82, 2.24) is 0 Å². The monoisotopic (exact) mass is 1150 g/mol. The third-order valence-electron chi connectivity index (χ3n) is 9.03.